The third-order valence-corrected chi connectivity index (χ3v) is 2.20. The molecule has 0 radical (unpaired) electrons. The van der Waals surface area contributed by atoms with E-state index in [1.54, 1.807) is 6.33 Å². The fourth-order valence-corrected chi connectivity index (χ4v) is 1.68. The predicted molar refractivity (Wildman–Crippen MR) is 59.6 cm³/mol. The van der Waals surface area contributed by atoms with Gasteiger partial charge in [-0.2, -0.15) is 9.97 Å². The Balaban J connectivity index is 2.58. The van der Waals surface area contributed by atoms with Crippen LogP contribution in [0.1, 0.15) is 13.8 Å². The molecule has 5 nitrogen and oxygen atoms in total. The molecule has 2 rings (SSSR count). The third kappa shape index (κ3) is 1.87. The maximum atomic E-state index is 5.78. The maximum Gasteiger partial charge on any atom is 0.226 e. The highest BCUT2D eigenvalue weighted by atomic mass is 35.5. The quantitative estimate of drug-likeness (QED) is 0.791. The second kappa shape index (κ2) is 3.66. The van der Waals surface area contributed by atoms with Crippen LogP contribution in [0.2, 0.25) is 5.28 Å². The second-order valence-corrected chi connectivity index (χ2v) is 4.18. The minimum Gasteiger partial charge on any atom is -0.382 e. The zero-order valence-electron chi connectivity index (χ0n) is 8.61. The summed E-state index contributed by atoms with van der Waals surface area (Å²) < 4.78 is 1.95. The summed E-state index contributed by atoms with van der Waals surface area (Å²) in [6.45, 7) is 5.09. The highest BCUT2D eigenvalue weighted by Crippen LogP contribution is 2.19. The van der Waals surface area contributed by atoms with Crippen LogP contribution in [0, 0.1) is 5.92 Å². The number of fused-ring (bicyclic) bond motifs is 1. The Hall–Kier alpha value is -1.36. The second-order valence-electron chi connectivity index (χ2n) is 3.84. The van der Waals surface area contributed by atoms with Gasteiger partial charge in [-0.25, -0.2) is 4.98 Å². The third-order valence-electron chi connectivity index (χ3n) is 2.03. The van der Waals surface area contributed by atoms with Gasteiger partial charge in [0.2, 0.25) is 5.28 Å². The van der Waals surface area contributed by atoms with Gasteiger partial charge in [0.25, 0.3) is 0 Å². The van der Waals surface area contributed by atoms with Crippen molar-refractivity contribution in [2.24, 2.45) is 5.92 Å². The maximum absolute atomic E-state index is 5.78. The normalized spacial score (nSPS) is 11.5. The van der Waals surface area contributed by atoms with Crippen LogP contribution in [0.3, 0.4) is 0 Å². The molecular weight excluding hydrogens is 214 g/mol. The van der Waals surface area contributed by atoms with Crippen molar-refractivity contribution >= 4 is 28.6 Å². The number of rotatable bonds is 2. The highest BCUT2D eigenvalue weighted by molar-refractivity contribution is 6.28. The molecule has 2 N–H and O–H groups in total. The molecule has 0 aliphatic heterocycles. The van der Waals surface area contributed by atoms with Crippen molar-refractivity contribution in [2.75, 3.05) is 5.73 Å². The number of halogens is 1. The van der Waals surface area contributed by atoms with Crippen LogP contribution in [-0.4, -0.2) is 19.5 Å². The molecule has 15 heavy (non-hydrogen) atoms. The van der Waals surface area contributed by atoms with Crippen LogP contribution in [0.4, 0.5) is 5.82 Å². The number of hydrogen-bond donors (Lipinski definition) is 1. The number of nitrogen functional groups attached to an aromatic ring is 1. The Morgan fingerprint density at radius 3 is 2.87 bits per heavy atom. The van der Waals surface area contributed by atoms with Crippen molar-refractivity contribution in [1.82, 2.24) is 19.5 Å². The smallest absolute Gasteiger partial charge is 0.226 e. The SMILES string of the molecule is CC(C)Cn1cnc2nc(Cl)nc(N)c21. The molecule has 2 heterocycles. The molecule has 6 heteroatoms. The first-order valence-corrected chi connectivity index (χ1v) is 5.09. The minimum atomic E-state index is 0.134. The monoisotopic (exact) mass is 225 g/mol. The van der Waals surface area contributed by atoms with E-state index in [1.165, 1.54) is 0 Å². The van der Waals surface area contributed by atoms with Crippen molar-refractivity contribution in [3.8, 4) is 0 Å². The van der Waals surface area contributed by atoms with Crippen LogP contribution >= 0.6 is 11.6 Å². The van der Waals surface area contributed by atoms with E-state index in [4.69, 9.17) is 17.3 Å². The van der Waals surface area contributed by atoms with Gasteiger partial charge in [-0.1, -0.05) is 13.8 Å². The molecule has 0 bridgehead atoms. The molecule has 0 saturated heterocycles. The number of anilines is 1. The number of imidazole rings is 1. The van der Waals surface area contributed by atoms with E-state index in [2.05, 4.69) is 28.8 Å². The van der Waals surface area contributed by atoms with Crippen LogP contribution in [0.5, 0.6) is 0 Å². The molecule has 0 amide bonds. The Bertz CT molecular complexity index is 490. The predicted octanol–water partition coefficient (Wildman–Crippen LogP) is 1.72. The van der Waals surface area contributed by atoms with Crippen LogP contribution in [0.25, 0.3) is 11.2 Å². The van der Waals surface area contributed by atoms with Crippen molar-refractivity contribution in [1.29, 1.82) is 0 Å². The average Bonchev–Trinajstić information content (AvgIpc) is 2.46. The zero-order valence-corrected chi connectivity index (χ0v) is 9.36. The van der Waals surface area contributed by atoms with Gasteiger partial charge in [0.15, 0.2) is 11.5 Å². The molecule has 2 aromatic rings. The van der Waals surface area contributed by atoms with Gasteiger partial charge in [-0.15, -0.1) is 0 Å². The lowest BCUT2D eigenvalue weighted by Crippen LogP contribution is -2.05. The molecule has 2 aromatic heterocycles. The van der Waals surface area contributed by atoms with E-state index in [1.807, 2.05) is 4.57 Å². The van der Waals surface area contributed by atoms with Gasteiger partial charge in [0, 0.05) is 6.54 Å². The summed E-state index contributed by atoms with van der Waals surface area (Å²) in [6, 6.07) is 0. The Kier molecular flexibility index (Phi) is 2.48. The van der Waals surface area contributed by atoms with E-state index in [9.17, 15) is 0 Å². The van der Waals surface area contributed by atoms with Crippen molar-refractivity contribution in [3.05, 3.63) is 11.6 Å². The summed E-state index contributed by atoms with van der Waals surface area (Å²) >= 11 is 5.69. The zero-order chi connectivity index (χ0) is 11.0. The van der Waals surface area contributed by atoms with Gasteiger partial charge in [-0.3, -0.25) is 0 Å². The standard InChI is InChI=1S/C9H12ClN5/c1-5(2)3-15-4-12-8-6(15)7(11)13-9(10)14-8/h4-5H,3H2,1-2H3,(H2,11,13,14). The summed E-state index contributed by atoms with van der Waals surface area (Å²) in [5.74, 6) is 0.889. The first-order valence-electron chi connectivity index (χ1n) is 4.71. The van der Waals surface area contributed by atoms with E-state index < -0.39 is 0 Å². The molecule has 0 aliphatic rings. The molecule has 0 saturated carbocycles. The van der Waals surface area contributed by atoms with Crippen molar-refractivity contribution < 1.29 is 0 Å². The molecule has 0 aliphatic carbocycles. The summed E-state index contributed by atoms with van der Waals surface area (Å²) in [7, 11) is 0. The molecular formula is C9H12ClN5. The summed E-state index contributed by atoms with van der Waals surface area (Å²) in [6.07, 6.45) is 1.71. The molecule has 0 spiro atoms. The van der Waals surface area contributed by atoms with Gasteiger partial charge in [0.05, 0.1) is 6.33 Å². The van der Waals surface area contributed by atoms with Gasteiger partial charge in [-0.05, 0) is 17.5 Å². The lowest BCUT2D eigenvalue weighted by molar-refractivity contribution is 0.533. The van der Waals surface area contributed by atoms with E-state index in [0.29, 0.717) is 17.4 Å². The molecule has 0 aromatic carbocycles. The molecule has 0 unspecified atom stereocenters. The minimum absolute atomic E-state index is 0.134. The van der Waals surface area contributed by atoms with E-state index in [-0.39, 0.29) is 5.28 Å². The highest BCUT2D eigenvalue weighted by Gasteiger charge is 2.10. The summed E-state index contributed by atoms with van der Waals surface area (Å²) in [4.78, 5) is 12.1. The number of nitrogens with two attached hydrogens (primary N) is 1. The fraction of sp³-hybridized carbons (Fsp3) is 0.444. The van der Waals surface area contributed by atoms with Gasteiger partial charge < -0.3 is 10.3 Å². The average molecular weight is 226 g/mol. The largest absolute Gasteiger partial charge is 0.382 e. The van der Waals surface area contributed by atoms with Crippen LogP contribution in [-0.2, 0) is 6.54 Å². The molecule has 0 fully saturated rings. The number of aromatic nitrogens is 4. The van der Waals surface area contributed by atoms with Crippen LogP contribution in [0.15, 0.2) is 6.33 Å². The topological polar surface area (TPSA) is 69.6 Å². The van der Waals surface area contributed by atoms with E-state index in [0.717, 1.165) is 12.1 Å². The first-order chi connectivity index (χ1) is 7.08. The molecule has 0 atom stereocenters. The summed E-state index contributed by atoms with van der Waals surface area (Å²) in [5.41, 5.74) is 7.09. The molecule has 80 valence electrons. The fourth-order valence-electron chi connectivity index (χ4n) is 1.51. The van der Waals surface area contributed by atoms with E-state index >= 15 is 0 Å². The van der Waals surface area contributed by atoms with Gasteiger partial charge in [0.1, 0.15) is 5.52 Å². The Morgan fingerprint density at radius 2 is 2.20 bits per heavy atom. The van der Waals surface area contributed by atoms with Crippen molar-refractivity contribution in [3.63, 3.8) is 0 Å². The van der Waals surface area contributed by atoms with Gasteiger partial charge >= 0.3 is 0 Å². The lowest BCUT2D eigenvalue weighted by Gasteiger charge is -2.07. The number of nitrogens with zero attached hydrogens (tertiary/aromatic N) is 4. The Morgan fingerprint density at radius 1 is 1.47 bits per heavy atom. The van der Waals surface area contributed by atoms with Crippen molar-refractivity contribution in [2.45, 2.75) is 20.4 Å². The first kappa shape index (κ1) is 10.2. The van der Waals surface area contributed by atoms with Crippen LogP contribution < -0.4 is 5.73 Å². The number of hydrogen-bond acceptors (Lipinski definition) is 4. The summed E-state index contributed by atoms with van der Waals surface area (Å²) in [5, 5.41) is 0.134. The Labute approximate surface area is 92.3 Å². The lowest BCUT2D eigenvalue weighted by atomic mass is 10.2.